The number of carboxylic acids is 1. The molecule has 1 aliphatic heterocycles. The SMILES string of the molecule is CC(C)(Cc1cc(Br)c2c(c1)OCCCO2)C(=O)O. The predicted octanol–water partition coefficient (Wildman–Crippen LogP) is 3.26. The van der Waals surface area contributed by atoms with Crippen molar-refractivity contribution in [2.24, 2.45) is 5.41 Å². The summed E-state index contributed by atoms with van der Waals surface area (Å²) < 4.78 is 12.1. The maximum absolute atomic E-state index is 11.2. The van der Waals surface area contributed by atoms with E-state index in [1.807, 2.05) is 12.1 Å². The molecular formula is C14H17BrO4. The zero-order valence-electron chi connectivity index (χ0n) is 11.0. The van der Waals surface area contributed by atoms with E-state index in [0.29, 0.717) is 31.1 Å². The highest BCUT2D eigenvalue weighted by Crippen LogP contribution is 2.39. The first kappa shape index (κ1) is 14.2. The van der Waals surface area contributed by atoms with E-state index in [1.165, 1.54) is 0 Å². The Labute approximate surface area is 120 Å². The molecule has 0 amide bonds. The van der Waals surface area contributed by atoms with Gasteiger partial charge in [0.05, 0.1) is 23.1 Å². The molecule has 0 aromatic heterocycles. The van der Waals surface area contributed by atoms with Gasteiger partial charge in [-0.1, -0.05) is 0 Å². The van der Waals surface area contributed by atoms with Crippen molar-refractivity contribution >= 4 is 21.9 Å². The number of carboxylic acid groups (broad SMARTS) is 1. The zero-order chi connectivity index (χ0) is 14.0. The van der Waals surface area contributed by atoms with Crippen LogP contribution in [0.3, 0.4) is 0 Å². The van der Waals surface area contributed by atoms with Gasteiger partial charge in [-0.3, -0.25) is 4.79 Å². The molecule has 1 aliphatic rings. The van der Waals surface area contributed by atoms with Gasteiger partial charge in [0.25, 0.3) is 0 Å². The third-order valence-corrected chi connectivity index (χ3v) is 3.68. The van der Waals surface area contributed by atoms with E-state index < -0.39 is 11.4 Å². The Bertz CT molecular complexity index is 496. The summed E-state index contributed by atoms with van der Waals surface area (Å²) in [6, 6.07) is 3.77. The molecule has 0 atom stereocenters. The van der Waals surface area contributed by atoms with Crippen LogP contribution < -0.4 is 9.47 Å². The van der Waals surface area contributed by atoms with E-state index in [1.54, 1.807) is 13.8 Å². The molecule has 104 valence electrons. The maximum atomic E-state index is 11.2. The Morgan fingerprint density at radius 3 is 2.74 bits per heavy atom. The molecule has 0 radical (unpaired) electrons. The number of carbonyl (C=O) groups is 1. The second-order valence-electron chi connectivity index (χ2n) is 5.32. The van der Waals surface area contributed by atoms with Gasteiger partial charge >= 0.3 is 5.97 Å². The fourth-order valence-corrected chi connectivity index (χ4v) is 2.58. The van der Waals surface area contributed by atoms with Crippen molar-refractivity contribution in [3.8, 4) is 11.5 Å². The first-order chi connectivity index (χ1) is 8.90. The van der Waals surface area contributed by atoms with Gasteiger partial charge in [0, 0.05) is 6.42 Å². The number of hydrogen-bond donors (Lipinski definition) is 1. The van der Waals surface area contributed by atoms with Crippen LogP contribution in [0.1, 0.15) is 25.8 Å². The van der Waals surface area contributed by atoms with Gasteiger partial charge in [-0.25, -0.2) is 0 Å². The van der Waals surface area contributed by atoms with Crippen LogP contribution in [0.15, 0.2) is 16.6 Å². The Morgan fingerprint density at radius 1 is 1.37 bits per heavy atom. The molecule has 0 aliphatic carbocycles. The molecule has 2 rings (SSSR count). The molecule has 1 aromatic carbocycles. The number of halogens is 1. The van der Waals surface area contributed by atoms with Crippen molar-refractivity contribution < 1.29 is 19.4 Å². The van der Waals surface area contributed by atoms with E-state index in [0.717, 1.165) is 16.5 Å². The summed E-state index contributed by atoms with van der Waals surface area (Å²) in [5.74, 6) is 0.577. The number of rotatable bonds is 3. The zero-order valence-corrected chi connectivity index (χ0v) is 12.6. The Kier molecular flexibility index (Phi) is 4.04. The number of fused-ring (bicyclic) bond motifs is 1. The highest BCUT2D eigenvalue weighted by molar-refractivity contribution is 9.10. The number of aliphatic carboxylic acids is 1. The van der Waals surface area contributed by atoms with Crippen molar-refractivity contribution in [1.82, 2.24) is 0 Å². The summed E-state index contributed by atoms with van der Waals surface area (Å²) in [4.78, 5) is 11.2. The summed E-state index contributed by atoms with van der Waals surface area (Å²) in [7, 11) is 0. The van der Waals surface area contributed by atoms with Crippen LogP contribution in [0.25, 0.3) is 0 Å². The van der Waals surface area contributed by atoms with Crippen LogP contribution in [0.4, 0.5) is 0 Å². The molecule has 0 saturated heterocycles. The maximum Gasteiger partial charge on any atom is 0.309 e. The average Bonchev–Trinajstić information content (AvgIpc) is 2.53. The molecule has 0 saturated carbocycles. The second kappa shape index (κ2) is 5.41. The molecule has 1 N–H and O–H groups in total. The fourth-order valence-electron chi connectivity index (χ4n) is 1.97. The van der Waals surface area contributed by atoms with Crippen LogP contribution >= 0.6 is 15.9 Å². The lowest BCUT2D eigenvalue weighted by molar-refractivity contribution is -0.146. The Morgan fingerprint density at radius 2 is 2.05 bits per heavy atom. The molecule has 19 heavy (non-hydrogen) atoms. The third-order valence-electron chi connectivity index (χ3n) is 3.09. The first-order valence-corrected chi connectivity index (χ1v) is 7.01. The average molecular weight is 329 g/mol. The van der Waals surface area contributed by atoms with Crippen LogP contribution in [-0.2, 0) is 11.2 Å². The van der Waals surface area contributed by atoms with Gasteiger partial charge < -0.3 is 14.6 Å². The molecule has 1 heterocycles. The first-order valence-electron chi connectivity index (χ1n) is 6.21. The minimum atomic E-state index is -0.810. The van der Waals surface area contributed by atoms with Gasteiger partial charge in [0.15, 0.2) is 11.5 Å². The van der Waals surface area contributed by atoms with Crippen molar-refractivity contribution in [2.45, 2.75) is 26.7 Å². The highest BCUT2D eigenvalue weighted by atomic mass is 79.9. The van der Waals surface area contributed by atoms with E-state index >= 15 is 0 Å². The van der Waals surface area contributed by atoms with Crippen molar-refractivity contribution in [3.63, 3.8) is 0 Å². The van der Waals surface area contributed by atoms with E-state index in [2.05, 4.69) is 15.9 Å². The number of ether oxygens (including phenoxy) is 2. The molecular weight excluding hydrogens is 312 g/mol. The van der Waals surface area contributed by atoms with Crippen LogP contribution in [0.5, 0.6) is 11.5 Å². The third kappa shape index (κ3) is 3.21. The normalized spacial score (nSPS) is 14.9. The fraction of sp³-hybridized carbons (Fsp3) is 0.500. The molecule has 4 nitrogen and oxygen atoms in total. The summed E-state index contributed by atoms with van der Waals surface area (Å²) in [6.45, 7) is 4.68. The molecule has 0 unspecified atom stereocenters. The van der Waals surface area contributed by atoms with Crippen LogP contribution in [0.2, 0.25) is 0 Å². The topological polar surface area (TPSA) is 55.8 Å². The minimum Gasteiger partial charge on any atom is -0.490 e. The van der Waals surface area contributed by atoms with Crippen LogP contribution in [-0.4, -0.2) is 24.3 Å². The lowest BCUT2D eigenvalue weighted by Gasteiger charge is -2.20. The molecule has 0 bridgehead atoms. The van der Waals surface area contributed by atoms with Gasteiger partial charge in [-0.2, -0.15) is 0 Å². The van der Waals surface area contributed by atoms with Gasteiger partial charge in [-0.05, 0) is 53.9 Å². The van der Waals surface area contributed by atoms with E-state index in [-0.39, 0.29) is 0 Å². The Balaban J connectivity index is 2.31. The van der Waals surface area contributed by atoms with Crippen LogP contribution in [0, 0.1) is 5.41 Å². The molecule has 0 fully saturated rings. The quantitative estimate of drug-likeness (QED) is 0.925. The van der Waals surface area contributed by atoms with Gasteiger partial charge in [-0.15, -0.1) is 0 Å². The number of hydrogen-bond acceptors (Lipinski definition) is 3. The summed E-state index contributed by atoms with van der Waals surface area (Å²) in [5, 5.41) is 9.19. The summed E-state index contributed by atoms with van der Waals surface area (Å²) >= 11 is 3.46. The smallest absolute Gasteiger partial charge is 0.309 e. The standard InChI is InChI=1S/C14H17BrO4/c1-14(2,13(16)17)8-9-6-10(15)12-11(7-9)18-4-3-5-19-12/h6-7H,3-5,8H2,1-2H3,(H,16,17). The van der Waals surface area contributed by atoms with Gasteiger partial charge in [0.1, 0.15) is 0 Å². The second-order valence-corrected chi connectivity index (χ2v) is 6.18. The highest BCUT2D eigenvalue weighted by Gasteiger charge is 2.28. The minimum absolute atomic E-state index is 0.442. The molecule has 0 spiro atoms. The monoisotopic (exact) mass is 328 g/mol. The Hall–Kier alpha value is -1.23. The number of benzene rings is 1. The van der Waals surface area contributed by atoms with Crippen molar-refractivity contribution in [1.29, 1.82) is 0 Å². The van der Waals surface area contributed by atoms with Gasteiger partial charge in [0.2, 0.25) is 0 Å². The lowest BCUT2D eigenvalue weighted by Crippen LogP contribution is -2.26. The summed E-state index contributed by atoms with van der Waals surface area (Å²) in [6.07, 6.45) is 1.29. The van der Waals surface area contributed by atoms with Crippen molar-refractivity contribution in [3.05, 3.63) is 22.2 Å². The predicted molar refractivity (Wildman–Crippen MR) is 74.9 cm³/mol. The summed E-state index contributed by atoms with van der Waals surface area (Å²) in [5.41, 5.74) is 0.114. The molecule has 1 aromatic rings. The largest absolute Gasteiger partial charge is 0.490 e. The van der Waals surface area contributed by atoms with E-state index in [9.17, 15) is 9.90 Å². The van der Waals surface area contributed by atoms with E-state index in [4.69, 9.17) is 9.47 Å². The van der Waals surface area contributed by atoms with Crippen molar-refractivity contribution in [2.75, 3.05) is 13.2 Å². The molecule has 5 heteroatoms. The lowest BCUT2D eigenvalue weighted by atomic mass is 9.86.